The molecule has 1 aromatic rings. The Bertz CT molecular complexity index is 441. The van der Waals surface area contributed by atoms with Crippen molar-refractivity contribution in [3.63, 3.8) is 0 Å². The molecule has 0 radical (unpaired) electrons. The quantitative estimate of drug-likeness (QED) is 0.787. The number of nitrogens with two attached hydrogens (primary N) is 1. The molecule has 1 unspecified atom stereocenters. The molecule has 1 aliphatic heterocycles. The average molecular weight is 265 g/mol. The number of ether oxygens (including phenoxy) is 3. The predicted molar refractivity (Wildman–Crippen MR) is 70.8 cm³/mol. The van der Waals surface area contributed by atoms with E-state index in [0.29, 0.717) is 43.2 Å². The van der Waals surface area contributed by atoms with Gasteiger partial charge in [0, 0.05) is 12.8 Å². The summed E-state index contributed by atoms with van der Waals surface area (Å²) in [6.45, 7) is 1.55. The maximum atomic E-state index is 12.1. The van der Waals surface area contributed by atoms with Crippen LogP contribution in [0.15, 0.2) is 18.2 Å². The van der Waals surface area contributed by atoms with Crippen LogP contribution in [0.2, 0.25) is 0 Å². The Morgan fingerprint density at radius 1 is 1.53 bits per heavy atom. The molecule has 19 heavy (non-hydrogen) atoms. The highest BCUT2D eigenvalue weighted by Gasteiger charge is 2.23. The number of para-hydroxylation sites is 1. The average Bonchev–Trinajstić information content (AvgIpc) is 2.92. The molecule has 2 rings (SSSR count). The molecule has 1 atom stereocenters. The number of Topliss-reactive ketones (excluding diaryl/α,β-unsaturated/α-hetero) is 1. The molecule has 0 aromatic heterocycles. The molecule has 1 aliphatic rings. The first-order valence-corrected chi connectivity index (χ1v) is 6.41. The minimum absolute atomic E-state index is 0.0271. The number of hydrogen-bond acceptors (Lipinski definition) is 5. The lowest BCUT2D eigenvalue weighted by atomic mass is 10.1. The number of carbonyl (C=O) groups excluding carboxylic acids is 1. The van der Waals surface area contributed by atoms with Crippen molar-refractivity contribution in [1.82, 2.24) is 0 Å². The van der Waals surface area contributed by atoms with E-state index >= 15 is 0 Å². The molecule has 1 saturated heterocycles. The standard InChI is InChI=1S/C14H19NO4/c1-17-13-4-2-3-11(12(16)5-7-15)14(13)19-10-6-8-18-9-10/h2-4,10H,5-9,15H2,1H3. The van der Waals surface area contributed by atoms with E-state index in [0.717, 1.165) is 6.42 Å². The molecular formula is C14H19NO4. The fourth-order valence-corrected chi connectivity index (χ4v) is 2.06. The van der Waals surface area contributed by atoms with Crippen LogP contribution in [0, 0.1) is 0 Å². The van der Waals surface area contributed by atoms with E-state index in [2.05, 4.69) is 0 Å². The van der Waals surface area contributed by atoms with Crippen molar-refractivity contribution in [3.05, 3.63) is 23.8 Å². The van der Waals surface area contributed by atoms with Crippen molar-refractivity contribution in [2.45, 2.75) is 18.9 Å². The molecule has 1 heterocycles. The monoisotopic (exact) mass is 265 g/mol. The molecular weight excluding hydrogens is 246 g/mol. The van der Waals surface area contributed by atoms with Gasteiger partial charge in [0.25, 0.3) is 0 Å². The highest BCUT2D eigenvalue weighted by atomic mass is 16.6. The third kappa shape index (κ3) is 3.24. The van der Waals surface area contributed by atoms with Gasteiger partial charge in [-0.3, -0.25) is 4.79 Å². The van der Waals surface area contributed by atoms with Gasteiger partial charge < -0.3 is 19.9 Å². The summed E-state index contributed by atoms with van der Waals surface area (Å²) in [7, 11) is 1.56. The van der Waals surface area contributed by atoms with E-state index in [4.69, 9.17) is 19.9 Å². The normalized spacial score (nSPS) is 18.3. The van der Waals surface area contributed by atoms with E-state index < -0.39 is 0 Å². The Morgan fingerprint density at radius 2 is 2.37 bits per heavy atom. The molecule has 0 saturated carbocycles. The number of hydrogen-bond donors (Lipinski definition) is 1. The van der Waals surface area contributed by atoms with E-state index in [1.807, 2.05) is 0 Å². The zero-order valence-electron chi connectivity index (χ0n) is 11.1. The van der Waals surface area contributed by atoms with Crippen molar-refractivity contribution in [2.75, 3.05) is 26.9 Å². The summed E-state index contributed by atoms with van der Waals surface area (Å²) in [4.78, 5) is 12.1. The van der Waals surface area contributed by atoms with E-state index in [9.17, 15) is 4.79 Å². The van der Waals surface area contributed by atoms with Crippen LogP contribution in [0.5, 0.6) is 11.5 Å². The zero-order valence-corrected chi connectivity index (χ0v) is 11.1. The number of rotatable bonds is 6. The van der Waals surface area contributed by atoms with Gasteiger partial charge in [-0.2, -0.15) is 0 Å². The predicted octanol–water partition coefficient (Wildman–Crippen LogP) is 1.39. The first-order chi connectivity index (χ1) is 9.26. The lowest BCUT2D eigenvalue weighted by molar-refractivity contribution is 0.0972. The van der Waals surface area contributed by atoms with Gasteiger partial charge in [0.1, 0.15) is 6.10 Å². The van der Waals surface area contributed by atoms with Gasteiger partial charge in [0.2, 0.25) is 0 Å². The van der Waals surface area contributed by atoms with E-state index in [1.165, 1.54) is 0 Å². The van der Waals surface area contributed by atoms with Crippen LogP contribution in [0.1, 0.15) is 23.2 Å². The summed E-state index contributed by atoms with van der Waals surface area (Å²) < 4.78 is 16.4. The van der Waals surface area contributed by atoms with E-state index in [1.54, 1.807) is 25.3 Å². The molecule has 104 valence electrons. The van der Waals surface area contributed by atoms with Gasteiger partial charge in [-0.25, -0.2) is 0 Å². The molecule has 1 aromatic carbocycles. The third-order valence-corrected chi connectivity index (χ3v) is 3.04. The van der Waals surface area contributed by atoms with Crippen LogP contribution in [0.3, 0.4) is 0 Å². The van der Waals surface area contributed by atoms with Gasteiger partial charge >= 0.3 is 0 Å². The van der Waals surface area contributed by atoms with Crippen LogP contribution in [-0.2, 0) is 4.74 Å². The summed E-state index contributed by atoms with van der Waals surface area (Å²) in [5.41, 5.74) is 5.96. The van der Waals surface area contributed by atoms with Crippen molar-refractivity contribution >= 4 is 5.78 Å². The summed E-state index contributed by atoms with van der Waals surface area (Å²) >= 11 is 0. The van der Waals surface area contributed by atoms with Gasteiger partial charge in [-0.15, -0.1) is 0 Å². The Hall–Kier alpha value is -1.59. The number of ketones is 1. The summed E-state index contributed by atoms with van der Waals surface area (Å²) in [5, 5.41) is 0. The smallest absolute Gasteiger partial charge is 0.172 e. The minimum Gasteiger partial charge on any atom is -0.493 e. The third-order valence-electron chi connectivity index (χ3n) is 3.04. The molecule has 5 nitrogen and oxygen atoms in total. The second-order valence-corrected chi connectivity index (χ2v) is 4.40. The lowest BCUT2D eigenvalue weighted by Crippen LogP contribution is -2.19. The Morgan fingerprint density at radius 3 is 3.00 bits per heavy atom. The number of methoxy groups -OCH3 is 1. The molecule has 0 amide bonds. The van der Waals surface area contributed by atoms with E-state index in [-0.39, 0.29) is 11.9 Å². The lowest BCUT2D eigenvalue weighted by Gasteiger charge is -2.17. The first-order valence-electron chi connectivity index (χ1n) is 6.41. The van der Waals surface area contributed by atoms with Gasteiger partial charge in [0.15, 0.2) is 17.3 Å². The van der Waals surface area contributed by atoms with Crippen molar-refractivity contribution < 1.29 is 19.0 Å². The maximum absolute atomic E-state index is 12.1. The summed E-state index contributed by atoms with van der Waals surface area (Å²) in [5.74, 6) is 1.03. The van der Waals surface area contributed by atoms with Crippen molar-refractivity contribution in [2.24, 2.45) is 5.73 Å². The molecule has 0 bridgehead atoms. The Kier molecular flexibility index (Phi) is 4.76. The Balaban J connectivity index is 2.27. The highest BCUT2D eigenvalue weighted by molar-refractivity contribution is 5.99. The molecule has 0 aliphatic carbocycles. The molecule has 0 spiro atoms. The fourth-order valence-electron chi connectivity index (χ4n) is 2.06. The van der Waals surface area contributed by atoms with Crippen LogP contribution >= 0.6 is 0 Å². The van der Waals surface area contributed by atoms with Gasteiger partial charge in [-0.1, -0.05) is 6.07 Å². The van der Waals surface area contributed by atoms with Crippen molar-refractivity contribution in [1.29, 1.82) is 0 Å². The second kappa shape index (κ2) is 6.54. The topological polar surface area (TPSA) is 70.8 Å². The SMILES string of the molecule is COc1cccc(C(=O)CCN)c1OC1CCOC1. The Labute approximate surface area is 112 Å². The minimum atomic E-state index is -0.0321. The van der Waals surface area contributed by atoms with Crippen LogP contribution in [-0.4, -0.2) is 38.8 Å². The van der Waals surface area contributed by atoms with Crippen molar-refractivity contribution in [3.8, 4) is 11.5 Å². The fraction of sp³-hybridized carbons (Fsp3) is 0.500. The van der Waals surface area contributed by atoms with Crippen LogP contribution in [0.4, 0.5) is 0 Å². The van der Waals surface area contributed by atoms with Gasteiger partial charge in [0.05, 0.1) is 25.9 Å². The highest BCUT2D eigenvalue weighted by Crippen LogP contribution is 2.33. The molecule has 5 heteroatoms. The maximum Gasteiger partial charge on any atom is 0.172 e. The van der Waals surface area contributed by atoms with Crippen LogP contribution in [0.25, 0.3) is 0 Å². The number of benzene rings is 1. The largest absolute Gasteiger partial charge is 0.493 e. The summed E-state index contributed by atoms with van der Waals surface area (Å²) in [6, 6.07) is 5.30. The second-order valence-electron chi connectivity index (χ2n) is 4.40. The molecule has 2 N–H and O–H groups in total. The zero-order chi connectivity index (χ0) is 13.7. The van der Waals surface area contributed by atoms with Crippen LogP contribution < -0.4 is 15.2 Å². The van der Waals surface area contributed by atoms with Gasteiger partial charge in [-0.05, 0) is 18.7 Å². The summed E-state index contributed by atoms with van der Waals surface area (Å²) in [6.07, 6.45) is 1.09. The first kappa shape index (κ1) is 13.8. The molecule has 1 fully saturated rings. The number of carbonyl (C=O) groups is 1.